The second kappa shape index (κ2) is 4.37. The molecule has 5 heteroatoms. The van der Waals surface area contributed by atoms with E-state index in [1.54, 1.807) is 6.07 Å². The summed E-state index contributed by atoms with van der Waals surface area (Å²) >= 11 is 0. The van der Waals surface area contributed by atoms with E-state index in [0.29, 0.717) is 11.8 Å². The fourth-order valence-corrected chi connectivity index (χ4v) is 3.01. The van der Waals surface area contributed by atoms with Crippen molar-refractivity contribution in [2.75, 3.05) is 5.73 Å². The molecule has 0 atom stereocenters. The van der Waals surface area contributed by atoms with Crippen LogP contribution in [-0.2, 0) is 0 Å². The van der Waals surface area contributed by atoms with Gasteiger partial charge in [0.05, 0.1) is 11.0 Å². The van der Waals surface area contributed by atoms with Gasteiger partial charge in [-0.2, -0.15) is 0 Å². The molecule has 2 heterocycles. The number of hydrogen-bond donors (Lipinski definition) is 2. The summed E-state index contributed by atoms with van der Waals surface area (Å²) in [6, 6.07) is 7.80. The Kier molecular flexibility index (Phi) is 2.52. The molecule has 3 aromatic rings. The predicted molar refractivity (Wildman–Crippen MR) is 77.2 cm³/mol. The molecule has 0 unspecified atom stereocenters. The summed E-state index contributed by atoms with van der Waals surface area (Å²) in [7, 11) is 0. The van der Waals surface area contributed by atoms with Crippen LogP contribution in [-0.4, -0.2) is 15.1 Å². The number of benzene rings is 1. The van der Waals surface area contributed by atoms with Crippen LogP contribution in [0.3, 0.4) is 0 Å². The molecule has 3 N–H and O–H groups in total. The number of aromatic amines is 1. The number of aromatic nitrogens is 3. The monoisotopic (exact) mass is 268 g/mol. The average Bonchev–Trinajstić information content (AvgIpc) is 3.17. The van der Waals surface area contributed by atoms with Crippen LogP contribution >= 0.6 is 0 Å². The van der Waals surface area contributed by atoms with Crippen LogP contribution < -0.4 is 5.73 Å². The second-order valence-electron chi connectivity index (χ2n) is 5.45. The van der Waals surface area contributed by atoms with E-state index in [0.717, 1.165) is 28.1 Å². The largest absolute Gasteiger partial charge is 0.368 e. The number of H-pyrrole nitrogens is 1. The smallest absolute Gasteiger partial charge is 0.222 e. The Labute approximate surface area is 116 Å². The Morgan fingerprint density at radius 1 is 1.20 bits per heavy atom. The summed E-state index contributed by atoms with van der Waals surface area (Å²) in [5.74, 6) is 2.04. The minimum absolute atomic E-state index is 0.330. The van der Waals surface area contributed by atoms with E-state index >= 15 is 0 Å². The van der Waals surface area contributed by atoms with Crippen molar-refractivity contribution < 1.29 is 4.52 Å². The molecule has 0 spiro atoms. The quantitative estimate of drug-likeness (QED) is 0.745. The van der Waals surface area contributed by atoms with E-state index < -0.39 is 0 Å². The number of anilines is 1. The topological polar surface area (TPSA) is 80.7 Å². The predicted octanol–water partition coefficient (Wildman–Crippen LogP) is 3.46. The molecule has 102 valence electrons. The van der Waals surface area contributed by atoms with Gasteiger partial charge in [0.1, 0.15) is 11.5 Å². The first-order valence-electron chi connectivity index (χ1n) is 7.02. The van der Waals surface area contributed by atoms with Crippen molar-refractivity contribution >= 4 is 16.9 Å². The fourth-order valence-electron chi connectivity index (χ4n) is 3.01. The lowest BCUT2D eigenvalue weighted by molar-refractivity contribution is 0.439. The number of rotatable bonds is 2. The van der Waals surface area contributed by atoms with Gasteiger partial charge in [0, 0.05) is 17.5 Å². The van der Waals surface area contributed by atoms with Crippen LogP contribution in [0.1, 0.15) is 37.4 Å². The summed E-state index contributed by atoms with van der Waals surface area (Å²) in [6.07, 6.45) is 5.11. The van der Waals surface area contributed by atoms with Crippen molar-refractivity contribution in [3.05, 3.63) is 30.1 Å². The van der Waals surface area contributed by atoms with E-state index in [1.807, 2.05) is 12.1 Å². The zero-order valence-electron chi connectivity index (χ0n) is 11.1. The molecule has 1 fully saturated rings. The standard InChI is InChI=1S/C15H16N4O/c16-14-8-12(19-20-14)10-5-6-11-13(7-10)18-15(17-11)9-3-1-2-4-9/h5-9H,1-4,16H2,(H,17,18). The summed E-state index contributed by atoms with van der Waals surface area (Å²) < 4.78 is 4.92. The van der Waals surface area contributed by atoms with Crippen LogP contribution in [0.15, 0.2) is 28.8 Å². The van der Waals surface area contributed by atoms with Crippen molar-refractivity contribution in [3.63, 3.8) is 0 Å². The van der Waals surface area contributed by atoms with Gasteiger partial charge in [0.15, 0.2) is 0 Å². The van der Waals surface area contributed by atoms with Gasteiger partial charge in [0.2, 0.25) is 5.88 Å². The van der Waals surface area contributed by atoms with Crippen LogP contribution in [0.25, 0.3) is 22.3 Å². The number of fused-ring (bicyclic) bond motifs is 1. The summed E-state index contributed by atoms with van der Waals surface area (Å²) in [4.78, 5) is 8.16. The van der Waals surface area contributed by atoms with Gasteiger partial charge in [-0.25, -0.2) is 4.98 Å². The van der Waals surface area contributed by atoms with Gasteiger partial charge in [-0.1, -0.05) is 24.1 Å². The third-order valence-electron chi connectivity index (χ3n) is 4.07. The minimum Gasteiger partial charge on any atom is -0.368 e. The number of nitrogens with two attached hydrogens (primary N) is 1. The number of nitrogen functional groups attached to an aromatic ring is 1. The SMILES string of the molecule is Nc1cc(-c2ccc3nc(C4CCCC4)[nH]c3c2)no1. The molecule has 2 aromatic heterocycles. The first-order valence-corrected chi connectivity index (χ1v) is 7.02. The molecule has 1 aliphatic rings. The highest BCUT2D eigenvalue weighted by atomic mass is 16.5. The van der Waals surface area contributed by atoms with Crippen LogP contribution in [0.2, 0.25) is 0 Å². The number of nitrogens with one attached hydrogen (secondary N) is 1. The molecule has 1 aromatic carbocycles. The molecule has 0 radical (unpaired) electrons. The van der Waals surface area contributed by atoms with Crippen LogP contribution in [0.4, 0.5) is 5.88 Å². The summed E-state index contributed by atoms with van der Waals surface area (Å²) in [6.45, 7) is 0. The maximum Gasteiger partial charge on any atom is 0.222 e. The first kappa shape index (κ1) is 11.5. The van der Waals surface area contributed by atoms with Crippen molar-refractivity contribution in [1.82, 2.24) is 15.1 Å². The average molecular weight is 268 g/mol. The van der Waals surface area contributed by atoms with E-state index in [-0.39, 0.29) is 0 Å². The van der Waals surface area contributed by atoms with Crippen LogP contribution in [0, 0.1) is 0 Å². The third-order valence-corrected chi connectivity index (χ3v) is 4.07. The van der Waals surface area contributed by atoms with Gasteiger partial charge in [0.25, 0.3) is 0 Å². The molecule has 0 amide bonds. The minimum atomic E-state index is 0.330. The molecule has 0 bridgehead atoms. The van der Waals surface area contributed by atoms with E-state index in [2.05, 4.69) is 16.2 Å². The fraction of sp³-hybridized carbons (Fsp3) is 0.333. The second-order valence-corrected chi connectivity index (χ2v) is 5.45. The lowest BCUT2D eigenvalue weighted by Crippen LogP contribution is -1.93. The van der Waals surface area contributed by atoms with E-state index in [1.165, 1.54) is 25.7 Å². The maximum atomic E-state index is 5.57. The van der Waals surface area contributed by atoms with Crippen molar-refractivity contribution in [2.24, 2.45) is 0 Å². The number of imidazole rings is 1. The molecule has 0 saturated heterocycles. The molecular formula is C15H16N4O. The number of hydrogen-bond acceptors (Lipinski definition) is 4. The maximum absolute atomic E-state index is 5.57. The molecule has 1 aliphatic carbocycles. The lowest BCUT2D eigenvalue weighted by atomic mass is 10.1. The molecular weight excluding hydrogens is 252 g/mol. The molecule has 1 saturated carbocycles. The first-order chi connectivity index (χ1) is 9.79. The Hall–Kier alpha value is -2.30. The van der Waals surface area contributed by atoms with Crippen molar-refractivity contribution in [1.29, 1.82) is 0 Å². The normalized spacial score (nSPS) is 16.2. The third kappa shape index (κ3) is 1.86. The molecule has 4 rings (SSSR count). The van der Waals surface area contributed by atoms with E-state index in [9.17, 15) is 0 Å². The van der Waals surface area contributed by atoms with Gasteiger partial charge < -0.3 is 15.2 Å². The molecule has 0 aliphatic heterocycles. The Bertz CT molecular complexity index is 752. The van der Waals surface area contributed by atoms with Crippen molar-refractivity contribution in [2.45, 2.75) is 31.6 Å². The zero-order valence-corrected chi connectivity index (χ0v) is 11.1. The Balaban J connectivity index is 1.75. The van der Waals surface area contributed by atoms with Crippen molar-refractivity contribution in [3.8, 4) is 11.3 Å². The van der Waals surface area contributed by atoms with Gasteiger partial charge in [-0.3, -0.25) is 0 Å². The van der Waals surface area contributed by atoms with Gasteiger partial charge >= 0.3 is 0 Å². The highest BCUT2D eigenvalue weighted by Gasteiger charge is 2.20. The molecule has 20 heavy (non-hydrogen) atoms. The van der Waals surface area contributed by atoms with Gasteiger partial charge in [-0.15, -0.1) is 0 Å². The lowest BCUT2D eigenvalue weighted by Gasteiger charge is -2.02. The highest BCUT2D eigenvalue weighted by molar-refractivity contribution is 5.81. The van der Waals surface area contributed by atoms with Crippen LogP contribution in [0.5, 0.6) is 0 Å². The Morgan fingerprint density at radius 3 is 2.80 bits per heavy atom. The molecule has 5 nitrogen and oxygen atoms in total. The summed E-state index contributed by atoms with van der Waals surface area (Å²) in [5.41, 5.74) is 9.36. The number of nitrogens with zero attached hydrogens (tertiary/aromatic N) is 2. The zero-order chi connectivity index (χ0) is 13.5. The highest BCUT2D eigenvalue weighted by Crippen LogP contribution is 2.34. The Morgan fingerprint density at radius 2 is 2.05 bits per heavy atom. The van der Waals surface area contributed by atoms with E-state index in [4.69, 9.17) is 15.2 Å². The summed E-state index contributed by atoms with van der Waals surface area (Å²) in [5, 5.41) is 3.94. The van der Waals surface area contributed by atoms with Gasteiger partial charge in [-0.05, 0) is 25.0 Å².